The Morgan fingerprint density at radius 2 is 2.13 bits per heavy atom. The summed E-state index contributed by atoms with van der Waals surface area (Å²) in [6, 6.07) is -0.700. The molecule has 0 aliphatic carbocycles. The van der Waals surface area contributed by atoms with Gasteiger partial charge in [0.25, 0.3) is 5.91 Å². The molecule has 0 aromatic rings. The first-order chi connectivity index (χ1) is 11.0. The fourth-order valence-electron chi connectivity index (χ4n) is 2.51. The van der Waals surface area contributed by atoms with Crippen LogP contribution < -0.4 is 5.73 Å². The Kier molecular flexibility index (Phi) is 6.28. The third-order valence-electron chi connectivity index (χ3n) is 3.68. The highest BCUT2D eigenvalue weighted by Gasteiger charge is 2.39. The number of hydrogen-bond donors (Lipinski definition) is 2. The monoisotopic (exact) mass is 342 g/mol. The molecule has 128 valence electrons. The molecule has 0 unspecified atom stereocenters. The van der Waals surface area contributed by atoms with Crippen molar-refractivity contribution in [3.8, 4) is 0 Å². The number of likely N-dealkylation sites (tertiary alicyclic amines) is 1. The van der Waals surface area contributed by atoms with Gasteiger partial charge in [-0.2, -0.15) is 17.6 Å². The number of nitrogens with two attached hydrogens (primary N) is 1. The second-order valence-corrected chi connectivity index (χ2v) is 6.06. The molecular formula is C14H22N4O4S. The second-order valence-electron chi connectivity index (χ2n) is 5.33. The minimum atomic E-state index is -0.700. The molecule has 9 heteroatoms. The Labute approximate surface area is 140 Å². The summed E-state index contributed by atoms with van der Waals surface area (Å²) in [5.74, 6) is -0.304. The Bertz CT molecular complexity index is 493. The van der Waals surface area contributed by atoms with Crippen molar-refractivity contribution < 1.29 is 19.1 Å². The Hall–Kier alpha value is -1.74. The van der Waals surface area contributed by atoms with E-state index < -0.39 is 18.0 Å². The van der Waals surface area contributed by atoms with Crippen LogP contribution in [0, 0.1) is 0 Å². The van der Waals surface area contributed by atoms with E-state index in [-0.39, 0.29) is 17.8 Å². The predicted molar refractivity (Wildman–Crippen MR) is 88.5 cm³/mol. The summed E-state index contributed by atoms with van der Waals surface area (Å²) in [5, 5.41) is -0.0972. The molecule has 0 aromatic heterocycles. The maximum atomic E-state index is 12.4. The van der Waals surface area contributed by atoms with Crippen molar-refractivity contribution in [1.82, 2.24) is 9.80 Å². The van der Waals surface area contributed by atoms with Gasteiger partial charge < -0.3 is 20.1 Å². The molecule has 2 N–H and O–H groups in total. The summed E-state index contributed by atoms with van der Waals surface area (Å²) in [5.41, 5.74) is 5.89. The molecule has 2 aliphatic rings. The zero-order valence-corrected chi connectivity index (χ0v) is 13.8. The molecule has 0 aromatic carbocycles. The van der Waals surface area contributed by atoms with Gasteiger partial charge in [-0.25, -0.2) is 4.79 Å². The van der Waals surface area contributed by atoms with Gasteiger partial charge in [0.1, 0.15) is 12.6 Å². The molecule has 2 amide bonds. The van der Waals surface area contributed by atoms with Crippen LogP contribution in [-0.2, 0) is 14.3 Å². The van der Waals surface area contributed by atoms with Crippen LogP contribution in [0.15, 0.2) is 17.6 Å². The Balaban J connectivity index is 2.03. The number of carbonyl (C=O) groups excluding carboxylic acids is 2. The van der Waals surface area contributed by atoms with E-state index in [9.17, 15) is 9.59 Å². The van der Waals surface area contributed by atoms with Gasteiger partial charge in [-0.15, -0.1) is 0 Å². The highest BCUT2D eigenvalue weighted by atomic mass is 32.1. The number of carbonyl (C=O) groups is 2. The van der Waals surface area contributed by atoms with E-state index in [0.29, 0.717) is 39.3 Å². The van der Waals surface area contributed by atoms with Gasteiger partial charge in [-0.1, -0.05) is 12.7 Å². The van der Waals surface area contributed by atoms with Crippen molar-refractivity contribution in [2.24, 2.45) is 10.7 Å². The van der Waals surface area contributed by atoms with Crippen LogP contribution in [0.2, 0.25) is 0 Å². The van der Waals surface area contributed by atoms with E-state index in [1.54, 1.807) is 4.90 Å². The molecule has 0 saturated carbocycles. The lowest BCUT2D eigenvalue weighted by atomic mass is 10.2. The molecule has 2 aliphatic heterocycles. The first-order valence-corrected chi connectivity index (χ1v) is 7.97. The third kappa shape index (κ3) is 4.61. The van der Waals surface area contributed by atoms with Crippen LogP contribution in [0.5, 0.6) is 0 Å². The summed E-state index contributed by atoms with van der Waals surface area (Å²) < 4.78 is 10.2. The number of morpholine rings is 1. The van der Waals surface area contributed by atoms with E-state index in [1.165, 1.54) is 11.0 Å². The van der Waals surface area contributed by atoms with Crippen molar-refractivity contribution in [3.63, 3.8) is 0 Å². The van der Waals surface area contributed by atoms with Gasteiger partial charge in [-0.3, -0.25) is 9.69 Å². The van der Waals surface area contributed by atoms with Crippen molar-refractivity contribution in [3.05, 3.63) is 12.7 Å². The van der Waals surface area contributed by atoms with Crippen molar-refractivity contribution in [1.29, 1.82) is 0 Å². The smallest absolute Gasteiger partial charge is 0.410 e. The summed E-state index contributed by atoms with van der Waals surface area (Å²) in [6.07, 6.45) is 1.32. The van der Waals surface area contributed by atoms with Gasteiger partial charge in [0, 0.05) is 24.9 Å². The number of hydrogen-bond acceptors (Lipinski definition) is 5. The normalized spacial score (nSPS) is 25.3. The van der Waals surface area contributed by atoms with E-state index >= 15 is 0 Å². The average molecular weight is 342 g/mol. The van der Waals surface area contributed by atoms with Crippen molar-refractivity contribution >= 4 is 30.6 Å². The molecule has 2 rings (SSSR count). The SMILES string of the molecule is C=CCOC(=O)N1C[C@@H](S)C[C@H]1C(=O)N=C(N)N1CCOCC1. The second kappa shape index (κ2) is 8.21. The molecule has 0 spiro atoms. The molecule has 8 nitrogen and oxygen atoms in total. The Morgan fingerprint density at radius 3 is 2.78 bits per heavy atom. The van der Waals surface area contributed by atoms with E-state index in [1.807, 2.05) is 0 Å². The highest BCUT2D eigenvalue weighted by Crippen LogP contribution is 2.23. The fourth-order valence-corrected chi connectivity index (χ4v) is 2.89. The first-order valence-electron chi connectivity index (χ1n) is 7.46. The van der Waals surface area contributed by atoms with Crippen LogP contribution >= 0.6 is 12.6 Å². The topological polar surface area (TPSA) is 97.5 Å². The van der Waals surface area contributed by atoms with Gasteiger partial charge in [0.2, 0.25) is 0 Å². The number of rotatable bonds is 3. The van der Waals surface area contributed by atoms with Gasteiger partial charge in [0.05, 0.1) is 13.2 Å². The standard InChI is InChI=1S/C14H22N4O4S/c1-2-5-22-14(20)18-9-10(23)8-11(18)12(19)16-13(15)17-3-6-21-7-4-17/h2,10-11,23H,1,3-9H2,(H2,15,16,19)/t10-,11-/m0/s1. The minimum absolute atomic E-state index is 0.0899. The van der Waals surface area contributed by atoms with Crippen LogP contribution in [0.3, 0.4) is 0 Å². The number of thiol groups is 1. The quantitative estimate of drug-likeness (QED) is 0.321. The number of guanidine groups is 1. The third-order valence-corrected chi connectivity index (χ3v) is 4.06. The molecular weight excluding hydrogens is 320 g/mol. The molecule has 23 heavy (non-hydrogen) atoms. The average Bonchev–Trinajstić information content (AvgIpc) is 2.95. The lowest BCUT2D eigenvalue weighted by molar-refractivity contribution is -0.121. The van der Waals surface area contributed by atoms with Crippen LogP contribution in [0.25, 0.3) is 0 Å². The molecule has 2 atom stereocenters. The lowest BCUT2D eigenvalue weighted by Crippen LogP contribution is -2.46. The highest BCUT2D eigenvalue weighted by molar-refractivity contribution is 7.81. The molecule has 0 bridgehead atoms. The lowest BCUT2D eigenvalue weighted by Gasteiger charge is -2.28. The minimum Gasteiger partial charge on any atom is -0.445 e. The molecule has 0 radical (unpaired) electrons. The van der Waals surface area contributed by atoms with Gasteiger partial charge in [-0.05, 0) is 6.42 Å². The largest absolute Gasteiger partial charge is 0.445 e. The number of ether oxygens (including phenoxy) is 2. The maximum absolute atomic E-state index is 12.4. The molecule has 2 heterocycles. The molecule has 2 fully saturated rings. The summed E-state index contributed by atoms with van der Waals surface area (Å²) in [7, 11) is 0. The zero-order chi connectivity index (χ0) is 16.8. The van der Waals surface area contributed by atoms with Gasteiger partial charge >= 0.3 is 6.09 Å². The van der Waals surface area contributed by atoms with E-state index in [0.717, 1.165) is 0 Å². The van der Waals surface area contributed by atoms with Crippen molar-refractivity contribution in [2.45, 2.75) is 17.7 Å². The van der Waals surface area contributed by atoms with Gasteiger partial charge in [0.15, 0.2) is 5.96 Å². The molecule has 2 saturated heterocycles. The first kappa shape index (κ1) is 17.6. The van der Waals surface area contributed by atoms with E-state index in [2.05, 4.69) is 24.2 Å². The fraction of sp³-hybridized carbons (Fsp3) is 0.643. The maximum Gasteiger partial charge on any atom is 0.410 e. The van der Waals surface area contributed by atoms with Crippen LogP contribution in [0.4, 0.5) is 4.79 Å². The summed E-state index contributed by atoms with van der Waals surface area (Å²) in [4.78, 5) is 31.5. The zero-order valence-electron chi connectivity index (χ0n) is 12.9. The van der Waals surface area contributed by atoms with E-state index in [4.69, 9.17) is 15.2 Å². The van der Waals surface area contributed by atoms with Crippen LogP contribution in [-0.4, -0.2) is 78.5 Å². The predicted octanol–water partition coefficient (Wildman–Crippen LogP) is -0.145. The number of amides is 2. The number of nitrogens with zero attached hydrogens (tertiary/aromatic N) is 3. The number of aliphatic imine (C=N–C) groups is 1. The summed E-state index contributed by atoms with van der Waals surface area (Å²) >= 11 is 4.35. The van der Waals surface area contributed by atoms with Crippen LogP contribution in [0.1, 0.15) is 6.42 Å². The Morgan fingerprint density at radius 1 is 1.43 bits per heavy atom. The summed E-state index contributed by atoms with van der Waals surface area (Å²) in [6.45, 7) is 6.19. The van der Waals surface area contributed by atoms with Crippen molar-refractivity contribution in [2.75, 3.05) is 39.5 Å².